The van der Waals surface area contributed by atoms with Crippen molar-refractivity contribution in [2.45, 2.75) is 57.5 Å². The summed E-state index contributed by atoms with van der Waals surface area (Å²) >= 11 is 1.45. The fraction of sp³-hybridized carbons (Fsp3) is 0.455. The zero-order valence-electron chi connectivity index (χ0n) is 16.7. The molecule has 0 saturated carbocycles. The van der Waals surface area contributed by atoms with Crippen molar-refractivity contribution in [3.8, 4) is 5.75 Å². The maximum absolute atomic E-state index is 12.8. The summed E-state index contributed by atoms with van der Waals surface area (Å²) in [4.78, 5) is 26.6. The minimum Gasteiger partial charge on any atom is -0.484 e. The van der Waals surface area contributed by atoms with Crippen LogP contribution in [0.5, 0.6) is 5.75 Å². The van der Waals surface area contributed by atoms with E-state index in [9.17, 15) is 9.59 Å². The summed E-state index contributed by atoms with van der Waals surface area (Å²) in [5, 5.41) is 3.42. The Morgan fingerprint density at radius 1 is 1.31 bits per heavy atom. The largest absolute Gasteiger partial charge is 0.484 e. The number of anilines is 1. The average molecular weight is 415 g/mol. The van der Waals surface area contributed by atoms with Crippen LogP contribution in [0.4, 0.5) is 5.00 Å². The van der Waals surface area contributed by atoms with E-state index in [1.165, 1.54) is 11.3 Å². The Morgan fingerprint density at radius 2 is 2.10 bits per heavy atom. The van der Waals surface area contributed by atoms with E-state index < -0.39 is 5.60 Å². The van der Waals surface area contributed by atoms with Gasteiger partial charge in [-0.2, -0.15) is 0 Å². The summed E-state index contributed by atoms with van der Waals surface area (Å²) in [6, 6.07) is 11.6. The van der Waals surface area contributed by atoms with Crippen molar-refractivity contribution in [1.29, 1.82) is 0 Å². The SMILES string of the molecule is CC1(C)Oc2cc(NC=O)sc2[C@H](N2CCCCC2=O)[C@H]1OCc1ccccc1. The molecule has 1 aromatic heterocycles. The zero-order valence-corrected chi connectivity index (χ0v) is 17.5. The average Bonchev–Trinajstić information content (AvgIpc) is 3.08. The number of nitrogens with one attached hydrogen (secondary N) is 1. The molecular weight excluding hydrogens is 388 g/mol. The van der Waals surface area contributed by atoms with Crippen LogP contribution in [-0.2, 0) is 20.9 Å². The smallest absolute Gasteiger partial charge is 0.223 e. The minimum atomic E-state index is -0.635. The van der Waals surface area contributed by atoms with Gasteiger partial charge >= 0.3 is 0 Å². The lowest BCUT2D eigenvalue weighted by atomic mass is 9.88. The third-order valence-electron chi connectivity index (χ3n) is 5.51. The quantitative estimate of drug-likeness (QED) is 0.722. The highest BCUT2D eigenvalue weighted by Gasteiger charge is 2.49. The van der Waals surface area contributed by atoms with Gasteiger partial charge in [-0.25, -0.2) is 0 Å². The fourth-order valence-corrected chi connectivity index (χ4v) is 5.22. The molecule has 2 aliphatic heterocycles. The van der Waals surface area contributed by atoms with Gasteiger partial charge < -0.3 is 19.7 Å². The van der Waals surface area contributed by atoms with Gasteiger partial charge in [0.2, 0.25) is 12.3 Å². The molecule has 29 heavy (non-hydrogen) atoms. The maximum Gasteiger partial charge on any atom is 0.223 e. The predicted molar refractivity (Wildman–Crippen MR) is 112 cm³/mol. The molecule has 0 spiro atoms. The number of fused-ring (bicyclic) bond motifs is 1. The third-order valence-corrected chi connectivity index (χ3v) is 6.63. The highest BCUT2D eigenvalue weighted by molar-refractivity contribution is 7.16. The Labute approximate surface area is 174 Å². The molecule has 1 saturated heterocycles. The van der Waals surface area contributed by atoms with E-state index in [2.05, 4.69) is 5.32 Å². The van der Waals surface area contributed by atoms with Crippen LogP contribution >= 0.6 is 11.3 Å². The number of piperidine rings is 1. The highest BCUT2D eigenvalue weighted by atomic mass is 32.1. The molecule has 1 fully saturated rings. The molecule has 3 heterocycles. The van der Waals surface area contributed by atoms with E-state index in [0.717, 1.165) is 23.3 Å². The number of carbonyl (C=O) groups excluding carboxylic acids is 2. The zero-order chi connectivity index (χ0) is 20.4. The lowest BCUT2D eigenvalue weighted by Gasteiger charge is -2.48. The van der Waals surface area contributed by atoms with Crippen molar-refractivity contribution >= 4 is 28.7 Å². The number of benzene rings is 1. The second-order valence-corrected chi connectivity index (χ2v) is 9.10. The van der Waals surface area contributed by atoms with Crippen molar-refractivity contribution < 1.29 is 19.1 Å². The summed E-state index contributed by atoms with van der Waals surface area (Å²) in [5.74, 6) is 0.865. The summed E-state index contributed by atoms with van der Waals surface area (Å²) in [5.41, 5.74) is 0.441. The normalized spacial score (nSPS) is 23.2. The van der Waals surface area contributed by atoms with Crippen LogP contribution in [0.25, 0.3) is 0 Å². The van der Waals surface area contributed by atoms with Gasteiger partial charge in [0.1, 0.15) is 23.5 Å². The second kappa shape index (κ2) is 8.16. The molecule has 0 aliphatic carbocycles. The molecule has 1 aromatic carbocycles. The van der Waals surface area contributed by atoms with E-state index in [0.29, 0.717) is 36.7 Å². The molecule has 2 amide bonds. The van der Waals surface area contributed by atoms with Crippen molar-refractivity contribution in [2.75, 3.05) is 11.9 Å². The number of rotatable bonds is 6. The first-order chi connectivity index (χ1) is 14.0. The number of hydrogen-bond acceptors (Lipinski definition) is 5. The van der Waals surface area contributed by atoms with Gasteiger partial charge in [0.25, 0.3) is 0 Å². The van der Waals surface area contributed by atoms with Crippen molar-refractivity contribution in [2.24, 2.45) is 0 Å². The van der Waals surface area contributed by atoms with Gasteiger partial charge in [0.05, 0.1) is 16.5 Å². The van der Waals surface area contributed by atoms with Crippen LogP contribution in [0.1, 0.15) is 49.6 Å². The van der Waals surface area contributed by atoms with Crippen LogP contribution in [0.15, 0.2) is 36.4 Å². The fourth-order valence-electron chi connectivity index (χ4n) is 4.14. The lowest BCUT2D eigenvalue weighted by molar-refractivity contribution is -0.157. The number of carbonyl (C=O) groups is 2. The molecule has 7 heteroatoms. The van der Waals surface area contributed by atoms with Crippen LogP contribution in [-0.4, -0.2) is 35.5 Å². The first kappa shape index (κ1) is 19.9. The number of amides is 2. The minimum absolute atomic E-state index is 0.150. The Kier molecular flexibility index (Phi) is 5.61. The standard InChI is InChI=1S/C22H26N2O4S/c1-22(2)21(27-13-15-8-4-3-5-9-15)19(24-11-7-6-10-18(24)26)20-16(28-22)12-17(29-20)23-14-25/h3-5,8-9,12,14,19,21H,6-7,10-11,13H2,1-2H3,(H,23,25)/t19-,21+/m0/s1. The van der Waals surface area contributed by atoms with Gasteiger partial charge in [-0.1, -0.05) is 30.3 Å². The lowest BCUT2D eigenvalue weighted by Crippen LogP contribution is -2.56. The van der Waals surface area contributed by atoms with Gasteiger partial charge in [-0.05, 0) is 32.3 Å². The van der Waals surface area contributed by atoms with Crippen LogP contribution in [0.2, 0.25) is 0 Å². The van der Waals surface area contributed by atoms with Gasteiger partial charge in [0.15, 0.2) is 0 Å². The maximum atomic E-state index is 12.8. The number of thiophene rings is 1. The van der Waals surface area contributed by atoms with Crippen molar-refractivity contribution in [1.82, 2.24) is 4.90 Å². The van der Waals surface area contributed by atoms with E-state index >= 15 is 0 Å². The Morgan fingerprint density at radius 3 is 2.83 bits per heavy atom. The molecule has 0 radical (unpaired) electrons. The molecule has 2 aromatic rings. The molecule has 0 unspecified atom stereocenters. The van der Waals surface area contributed by atoms with Crippen molar-refractivity contribution in [3.63, 3.8) is 0 Å². The predicted octanol–water partition coefficient (Wildman–Crippen LogP) is 4.13. The molecule has 0 bridgehead atoms. The number of ether oxygens (including phenoxy) is 2. The molecule has 6 nitrogen and oxygen atoms in total. The second-order valence-electron chi connectivity index (χ2n) is 8.01. The van der Waals surface area contributed by atoms with Crippen LogP contribution < -0.4 is 10.1 Å². The first-order valence-electron chi connectivity index (χ1n) is 9.97. The van der Waals surface area contributed by atoms with E-state index in [-0.39, 0.29) is 18.1 Å². The Hall–Kier alpha value is -2.38. The third kappa shape index (κ3) is 4.02. The number of likely N-dealkylation sites (tertiary alicyclic amines) is 1. The van der Waals surface area contributed by atoms with Gasteiger partial charge in [0, 0.05) is 19.0 Å². The summed E-state index contributed by atoms with van der Waals surface area (Å²) in [6.07, 6.45) is 2.79. The van der Waals surface area contributed by atoms with Crippen LogP contribution in [0.3, 0.4) is 0 Å². The van der Waals surface area contributed by atoms with Gasteiger partial charge in [-0.15, -0.1) is 11.3 Å². The first-order valence-corrected chi connectivity index (χ1v) is 10.8. The Bertz CT molecular complexity index is 880. The van der Waals surface area contributed by atoms with Crippen LogP contribution in [0, 0.1) is 0 Å². The molecule has 4 rings (SSSR count). The summed E-state index contributed by atoms with van der Waals surface area (Å²) in [6.45, 7) is 5.14. The molecule has 2 atom stereocenters. The van der Waals surface area contributed by atoms with E-state index in [1.54, 1.807) is 0 Å². The molecular formula is C22H26N2O4S. The summed E-state index contributed by atoms with van der Waals surface area (Å²) in [7, 11) is 0. The topological polar surface area (TPSA) is 67.9 Å². The van der Waals surface area contributed by atoms with Crippen molar-refractivity contribution in [3.05, 3.63) is 46.8 Å². The highest BCUT2D eigenvalue weighted by Crippen LogP contribution is 2.50. The summed E-state index contributed by atoms with van der Waals surface area (Å²) < 4.78 is 12.7. The van der Waals surface area contributed by atoms with E-state index in [1.807, 2.05) is 55.1 Å². The number of nitrogens with zero attached hydrogens (tertiary/aromatic N) is 1. The van der Waals surface area contributed by atoms with Gasteiger partial charge in [-0.3, -0.25) is 9.59 Å². The Balaban J connectivity index is 1.70. The molecule has 1 N–H and O–H groups in total. The number of hydrogen-bond donors (Lipinski definition) is 1. The monoisotopic (exact) mass is 414 g/mol. The molecule has 154 valence electrons. The molecule has 2 aliphatic rings. The van der Waals surface area contributed by atoms with E-state index in [4.69, 9.17) is 9.47 Å².